The molecule has 1 aromatic heterocycles. The van der Waals surface area contributed by atoms with Crippen molar-refractivity contribution in [3.63, 3.8) is 0 Å². The Kier molecular flexibility index (Phi) is 4.24. The van der Waals surface area contributed by atoms with Crippen molar-refractivity contribution in [1.82, 2.24) is 5.32 Å². The van der Waals surface area contributed by atoms with E-state index in [1.54, 1.807) is 0 Å². The maximum atomic E-state index is 3.32. The van der Waals surface area contributed by atoms with Gasteiger partial charge in [-0.3, -0.25) is 0 Å². The number of thiophene rings is 1. The third-order valence-corrected chi connectivity index (χ3v) is 2.54. The molecule has 0 amide bonds. The summed E-state index contributed by atoms with van der Waals surface area (Å²) in [5.74, 6) is 0. The van der Waals surface area contributed by atoms with Gasteiger partial charge in [-0.25, -0.2) is 0 Å². The Hall–Kier alpha value is -0.340. The lowest BCUT2D eigenvalue weighted by Crippen LogP contribution is -2.14. The van der Waals surface area contributed by atoms with E-state index in [0.29, 0.717) is 0 Å². The average molecular weight is 169 g/mol. The van der Waals surface area contributed by atoms with Crippen LogP contribution in [0.4, 0.5) is 0 Å². The number of hydrogen-bond acceptors (Lipinski definition) is 2. The zero-order valence-electron chi connectivity index (χ0n) is 6.97. The second kappa shape index (κ2) is 5.33. The fourth-order valence-corrected chi connectivity index (χ4v) is 1.77. The van der Waals surface area contributed by atoms with Gasteiger partial charge in [-0.05, 0) is 37.4 Å². The van der Waals surface area contributed by atoms with Crippen LogP contribution in [0.15, 0.2) is 17.5 Å². The van der Waals surface area contributed by atoms with Gasteiger partial charge in [-0.15, -0.1) is 11.3 Å². The van der Waals surface area contributed by atoms with Crippen molar-refractivity contribution in [1.29, 1.82) is 0 Å². The van der Waals surface area contributed by atoms with E-state index in [1.807, 2.05) is 11.3 Å². The maximum Gasteiger partial charge on any atom is 0.00457 e. The third-order valence-electron chi connectivity index (χ3n) is 1.61. The van der Waals surface area contributed by atoms with E-state index in [-0.39, 0.29) is 0 Å². The van der Waals surface area contributed by atoms with Gasteiger partial charge in [-0.1, -0.05) is 13.0 Å². The first-order valence-corrected chi connectivity index (χ1v) is 5.04. The van der Waals surface area contributed by atoms with Crippen LogP contribution in [0.2, 0.25) is 0 Å². The highest BCUT2D eigenvalue weighted by molar-refractivity contribution is 7.09. The lowest BCUT2D eigenvalue weighted by molar-refractivity contribution is 0.675. The fourth-order valence-electron chi connectivity index (χ4n) is 1.02. The summed E-state index contributed by atoms with van der Waals surface area (Å²) in [5.41, 5.74) is 0. The monoisotopic (exact) mass is 169 g/mol. The molecule has 1 rings (SSSR count). The Morgan fingerprint density at radius 3 is 3.09 bits per heavy atom. The highest BCUT2D eigenvalue weighted by Gasteiger charge is 1.91. The van der Waals surface area contributed by atoms with Gasteiger partial charge >= 0.3 is 0 Å². The first-order chi connectivity index (χ1) is 5.43. The van der Waals surface area contributed by atoms with E-state index in [1.165, 1.54) is 17.7 Å². The second-order valence-corrected chi connectivity index (χ2v) is 3.57. The Balaban J connectivity index is 2.04. The molecule has 0 aliphatic carbocycles. The molecule has 0 aliphatic rings. The van der Waals surface area contributed by atoms with Gasteiger partial charge in [0.05, 0.1) is 0 Å². The van der Waals surface area contributed by atoms with Gasteiger partial charge in [-0.2, -0.15) is 0 Å². The first kappa shape index (κ1) is 8.75. The van der Waals surface area contributed by atoms with Crippen molar-refractivity contribution in [2.45, 2.75) is 19.8 Å². The Morgan fingerprint density at radius 2 is 2.45 bits per heavy atom. The number of hydrogen-bond donors (Lipinski definition) is 1. The highest BCUT2D eigenvalue weighted by atomic mass is 32.1. The summed E-state index contributed by atoms with van der Waals surface area (Å²) in [6.45, 7) is 4.38. The summed E-state index contributed by atoms with van der Waals surface area (Å²) < 4.78 is 0. The van der Waals surface area contributed by atoms with Crippen molar-refractivity contribution < 1.29 is 0 Å². The van der Waals surface area contributed by atoms with Gasteiger partial charge in [0.25, 0.3) is 0 Å². The van der Waals surface area contributed by atoms with Gasteiger partial charge < -0.3 is 5.32 Å². The van der Waals surface area contributed by atoms with Crippen LogP contribution in [0.25, 0.3) is 0 Å². The molecule has 62 valence electrons. The van der Waals surface area contributed by atoms with Gasteiger partial charge in [0.15, 0.2) is 0 Å². The van der Waals surface area contributed by atoms with Crippen molar-refractivity contribution in [2.24, 2.45) is 0 Å². The van der Waals surface area contributed by atoms with Crippen LogP contribution in [0, 0.1) is 0 Å². The average Bonchev–Trinajstić information content (AvgIpc) is 2.50. The number of nitrogens with one attached hydrogen (secondary N) is 1. The Labute approximate surface area is 72.4 Å². The predicted molar refractivity (Wildman–Crippen MR) is 51.2 cm³/mol. The molecule has 0 saturated heterocycles. The summed E-state index contributed by atoms with van der Waals surface area (Å²) in [7, 11) is 0. The molecule has 0 saturated carbocycles. The van der Waals surface area contributed by atoms with Crippen LogP contribution < -0.4 is 5.32 Å². The maximum absolute atomic E-state index is 3.32. The van der Waals surface area contributed by atoms with E-state index in [4.69, 9.17) is 0 Å². The molecule has 0 aliphatic heterocycles. The largest absolute Gasteiger partial charge is 0.317 e. The molecule has 1 heterocycles. The summed E-state index contributed by atoms with van der Waals surface area (Å²) in [5, 5.41) is 5.46. The molecular formula is C9H15NS. The SMILES string of the molecule is CCNCCCc1cccs1. The first-order valence-electron chi connectivity index (χ1n) is 4.16. The predicted octanol–water partition coefficient (Wildman–Crippen LogP) is 2.29. The Morgan fingerprint density at radius 1 is 1.55 bits per heavy atom. The summed E-state index contributed by atoms with van der Waals surface area (Å²) in [6, 6.07) is 4.32. The number of aryl methyl sites for hydroxylation is 1. The molecule has 1 nitrogen and oxygen atoms in total. The molecule has 1 aromatic rings. The minimum atomic E-state index is 1.09. The molecule has 0 radical (unpaired) electrons. The molecule has 0 bridgehead atoms. The summed E-state index contributed by atoms with van der Waals surface area (Å²) in [6.07, 6.45) is 2.49. The molecule has 0 spiro atoms. The molecular weight excluding hydrogens is 154 g/mol. The molecule has 2 heteroatoms. The van der Waals surface area contributed by atoms with E-state index in [0.717, 1.165) is 13.1 Å². The molecule has 1 N–H and O–H groups in total. The minimum absolute atomic E-state index is 1.09. The Bertz CT molecular complexity index is 170. The lowest BCUT2D eigenvalue weighted by atomic mass is 10.2. The zero-order valence-corrected chi connectivity index (χ0v) is 7.79. The van der Waals surface area contributed by atoms with Crippen LogP contribution >= 0.6 is 11.3 Å². The van der Waals surface area contributed by atoms with Crippen molar-refractivity contribution in [2.75, 3.05) is 13.1 Å². The summed E-state index contributed by atoms with van der Waals surface area (Å²) >= 11 is 1.85. The molecule has 0 unspecified atom stereocenters. The quantitative estimate of drug-likeness (QED) is 0.667. The smallest absolute Gasteiger partial charge is 0.00457 e. The van der Waals surface area contributed by atoms with Crippen LogP contribution in [-0.2, 0) is 6.42 Å². The molecule has 11 heavy (non-hydrogen) atoms. The molecule has 0 aromatic carbocycles. The molecule has 0 fully saturated rings. The van der Waals surface area contributed by atoms with E-state index in [9.17, 15) is 0 Å². The van der Waals surface area contributed by atoms with E-state index < -0.39 is 0 Å². The standard InChI is InChI=1S/C9H15NS/c1-2-10-7-3-5-9-6-4-8-11-9/h4,6,8,10H,2-3,5,7H2,1H3. The van der Waals surface area contributed by atoms with Gasteiger partial charge in [0.1, 0.15) is 0 Å². The zero-order chi connectivity index (χ0) is 7.94. The van der Waals surface area contributed by atoms with Gasteiger partial charge in [0, 0.05) is 4.88 Å². The van der Waals surface area contributed by atoms with E-state index >= 15 is 0 Å². The highest BCUT2D eigenvalue weighted by Crippen LogP contribution is 2.09. The minimum Gasteiger partial charge on any atom is -0.317 e. The lowest BCUT2D eigenvalue weighted by Gasteiger charge is -1.98. The van der Waals surface area contributed by atoms with Crippen molar-refractivity contribution >= 4 is 11.3 Å². The van der Waals surface area contributed by atoms with Crippen LogP contribution in [-0.4, -0.2) is 13.1 Å². The van der Waals surface area contributed by atoms with Crippen molar-refractivity contribution in [3.05, 3.63) is 22.4 Å². The fraction of sp³-hybridized carbons (Fsp3) is 0.556. The molecule has 0 atom stereocenters. The normalized spacial score (nSPS) is 10.3. The van der Waals surface area contributed by atoms with Crippen molar-refractivity contribution in [3.8, 4) is 0 Å². The second-order valence-electron chi connectivity index (χ2n) is 2.54. The van der Waals surface area contributed by atoms with Crippen LogP contribution in [0.1, 0.15) is 18.2 Å². The topological polar surface area (TPSA) is 12.0 Å². The van der Waals surface area contributed by atoms with Crippen LogP contribution in [0.3, 0.4) is 0 Å². The summed E-state index contributed by atoms with van der Waals surface area (Å²) in [4.78, 5) is 1.50. The van der Waals surface area contributed by atoms with Crippen LogP contribution in [0.5, 0.6) is 0 Å². The third kappa shape index (κ3) is 3.54. The number of rotatable bonds is 5. The van der Waals surface area contributed by atoms with E-state index in [2.05, 4.69) is 29.8 Å². The van der Waals surface area contributed by atoms with Gasteiger partial charge in [0.2, 0.25) is 0 Å².